The third kappa shape index (κ3) is 2.75. The van der Waals surface area contributed by atoms with Crippen LogP contribution in [0.3, 0.4) is 0 Å². The summed E-state index contributed by atoms with van der Waals surface area (Å²) in [5.74, 6) is -0.0176. The van der Waals surface area contributed by atoms with E-state index < -0.39 is 5.97 Å². The molecule has 0 radical (unpaired) electrons. The minimum Gasteiger partial charge on any atom is -0.478 e. The Hall–Kier alpha value is -3.40. The molecule has 0 amide bonds. The number of aromatic nitrogens is 2. The van der Waals surface area contributed by atoms with Crippen LogP contribution in [0.5, 0.6) is 0 Å². The highest BCUT2D eigenvalue weighted by Crippen LogP contribution is 2.27. The Balaban J connectivity index is 1.79. The van der Waals surface area contributed by atoms with E-state index in [1.807, 2.05) is 30.5 Å². The molecular weight excluding hydrogens is 324 g/mol. The minimum atomic E-state index is -0.910. The van der Waals surface area contributed by atoms with Gasteiger partial charge in [-0.15, -0.1) is 0 Å². The van der Waals surface area contributed by atoms with Crippen LogP contribution in [0.2, 0.25) is 0 Å². The smallest absolute Gasteiger partial charge is 0.335 e. The number of fused-ring (bicyclic) bond motifs is 1. The summed E-state index contributed by atoms with van der Waals surface area (Å²) in [6.07, 6.45) is 1.82. The summed E-state index contributed by atoms with van der Waals surface area (Å²) in [5, 5.41) is 11.1. The Bertz CT molecular complexity index is 1120. The van der Waals surface area contributed by atoms with E-state index in [9.17, 15) is 4.79 Å². The Labute approximate surface area is 151 Å². The summed E-state index contributed by atoms with van der Waals surface area (Å²) >= 11 is 0. The molecule has 0 saturated carbocycles. The van der Waals surface area contributed by atoms with Crippen LogP contribution in [0.15, 0.2) is 66.9 Å². The molecule has 4 aromatic rings. The average molecular weight is 342 g/mol. The first kappa shape index (κ1) is 16.1. The van der Waals surface area contributed by atoms with Gasteiger partial charge in [0, 0.05) is 17.6 Å². The van der Waals surface area contributed by atoms with E-state index in [0.717, 1.165) is 39.1 Å². The Morgan fingerprint density at radius 1 is 0.846 bits per heavy atom. The lowest BCUT2D eigenvalue weighted by Gasteiger charge is -2.11. The molecule has 0 bridgehead atoms. The van der Waals surface area contributed by atoms with Gasteiger partial charge in [0.25, 0.3) is 0 Å². The molecule has 2 heterocycles. The SMILES string of the molecule is Cc1ccc(C)n1-c1cc(-c2ccc3cc(C(=O)O)ccc3c2)ccn1. The summed E-state index contributed by atoms with van der Waals surface area (Å²) < 4.78 is 2.13. The van der Waals surface area contributed by atoms with Gasteiger partial charge in [0.2, 0.25) is 0 Å². The highest BCUT2D eigenvalue weighted by molar-refractivity contribution is 5.95. The summed E-state index contributed by atoms with van der Waals surface area (Å²) in [5.41, 5.74) is 4.74. The summed E-state index contributed by atoms with van der Waals surface area (Å²) in [4.78, 5) is 15.6. The van der Waals surface area contributed by atoms with Crippen molar-refractivity contribution in [2.75, 3.05) is 0 Å². The Morgan fingerprint density at radius 3 is 2.23 bits per heavy atom. The maximum absolute atomic E-state index is 11.1. The summed E-state index contributed by atoms with van der Waals surface area (Å²) in [6.45, 7) is 4.13. The predicted molar refractivity (Wildman–Crippen MR) is 103 cm³/mol. The molecule has 1 N–H and O–H groups in total. The number of carboxylic acid groups (broad SMARTS) is 1. The number of aryl methyl sites for hydroxylation is 2. The molecule has 0 aliphatic rings. The number of benzene rings is 2. The van der Waals surface area contributed by atoms with Gasteiger partial charge in [0.1, 0.15) is 5.82 Å². The number of hydrogen-bond acceptors (Lipinski definition) is 2. The van der Waals surface area contributed by atoms with Crippen LogP contribution in [0.1, 0.15) is 21.7 Å². The van der Waals surface area contributed by atoms with E-state index >= 15 is 0 Å². The number of nitrogens with zero attached hydrogens (tertiary/aromatic N) is 2. The van der Waals surface area contributed by atoms with Crippen molar-refractivity contribution in [3.8, 4) is 16.9 Å². The van der Waals surface area contributed by atoms with Gasteiger partial charge in [-0.3, -0.25) is 0 Å². The van der Waals surface area contributed by atoms with Gasteiger partial charge in [0.05, 0.1) is 5.56 Å². The molecule has 0 unspecified atom stereocenters. The number of rotatable bonds is 3. The average Bonchev–Trinajstić information content (AvgIpc) is 2.99. The monoisotopic (exact) mass is 342 g/mol. The maximum Gasteiger partial charge on any atom is 0.335 e. The highest BCUT2D eigenvalue weighted by Gasteiger charge is 2.08. The lowest BCUT2D eigenvalue weighted by atomic mass is 10.0. The van der Waals surface area contributed by atoms with Gasteiger partial charge in [0.15, 0.2) is 0 Å². The lowest BCUT2D eigenvalue weighted by Crippen LogP contribution is -2.01. The second-order valence-electron chi connectivity index (χ2n) is 6.44. The lowest BCUT2D eigenvalue weighted by molar-refractivity contribution is 0.0697. The number of pyridine rings is 1. The van der Waals surface area contributed by atoms with Crippen molar-refractivity contribution in [3.05, 3.63) is 83.8 Å². The van der Waals surface area contributed by atoms with E-state index in [4.69, 9.17) is 5.11 Å². The molecule has 26 heavy (non-hydrogen) atoms. The topological polar surface area (TPSA) is 55.1 Å². The molecule has 2 aromatic carbocycles. The van der Waals surface area contributed by atoms with Crippen LogP contribution >= 0.6 is 0 Å². The fraction of sp³-hybridized carbons (Fsp3) is 0.0909. The maximum atomic E-state index is 11.1. The highest BCUT2D eigenvalue weighted by atomic mass is 16.4. The van der Waals surface area contributed by atoms with Crippen LogP contribution in [-0.2, 0) is 0 Å². The largest absolute Gasteiger partial charge is 0.478 e. The number of hydrogen-bond donors (Lipinski definition) is 1. The van der Waals surface area contributed by atoms with E-state index in [0.29, 0.717) is 5.56 Å². The zero-order chi connectivity index (χ0) is 18.3. The quantitative estimate of drug-likeness (QED) is 0.569. The van der Waals surface area contributed by atoms with Gasteiger partial charge in [-0.1, -0.05) is 18.2 Å². The number of carboxylic acids is 1. The molecule has 128 valence electrons. The third-order valence-corrected chi connectivity index (χ3v) is 4.67. The molecule has 0 aliphatic carbocycles. The van der Waals surface area contributed by atoms with Crippen molar-refractivity contribution in [1.29, 1.82) is 0 Å². The molecule has 0 saturated heterocycles. The van der Waals surface area contributed by atoms with E-state index in [-0.39, 0.29) is 0 Å². The molecule has 0 fully saturated rings. The first-order valence-corrected chi connectivity index (χ1v) is 8.42. The Morgan fingerprint density at radius 2 is 1.50 bits per heavy atom. The van der Waals surface area contributed by atoms with Crippen LogP contribution in [0, 0.1) is 13.8 Å². The van der Waals surface area contributed by atoms with Crippen molar-refractivity contribution >= 4 is 16.7 Å². The fourth-order valence-electron chi connectivity index (χ4n) is 3.31. The molecule has 0 atom stereocenters. The van der Waals surface area contributed by atoms with Gasteiger partial charge in [-0.05, 0) is 78.2 Å². The van der Waals surface area contributed by atoms with Gasteiger partial charge in [-0.25, -0.2) is 9.78 Å². The second-order valence-corrected chi connectivity index (χ2v) is 6.44. The molecule has 4 heteroatoms. The van der Waals surface area contributed by atoms with Crippen molar-refractivity contribution in [2.24, 2.45) is 0 Å². The van der Waals surface area contributed by atoms with Crippen LogP contribution in [0.25, 0.3) is 27.7 Å². The van der Waals surface area contributed by atoms with Gasteiger partial charge < -0.3 is 9.67 Å². The van der Waals surface area contributed by atoms with Crippen molar-refractivity contribution in [2.45, 2.75) is 13.8 Å². The molecule has 0 aliphatic heterocycles. The minimum absolute atomic E-state index is 0.301. The molecule has 4 rings (SSSR count). The predicted octanol–water partition coefficient (Wildman–Crippen LogP) is 5.01. The van der Waals surface area contributed by atoms with E-state index in [2.05, 4.69) is 47.7 Å². The first-order valence-electron chi connectivity index (χ1n) is 8.42. The van der Waals surface area contributed by atoms with Crippen molar-refractivity contribution < 1.29 is 9.90 Å². The first-order chi connectivity index (χ1) is 12.5. The van der Waals surface area contributed by atoms with Crippen LogP contribution in [0.4, 0.5) is 0 Å². The second kappa shape index (κ2) is 6.15. The molecule has 4 nitrogen and oxygen atoms in total. The number of carbonyl (C=O) groups is 1. The molecule has 2 aromatic heterocycles. The standard InChI is InChI=1S/C22H18N2O2/c1-14-3-4-15(2)24(14)21-13-19(9-10-23-21)17-5-6-18-12-20(22(25)26)8-7-16(18)11-17/h3-13H,1-2H3,(H,25,26). The fourth-order valence-corrected chi connectivity index (χ4v) is 3.31. The van der Waals surface area contributed by atoms with Crippen molar-refractivity contribution in [3.63, 3.8) is 0 Å². The normalized spacial score (nSPS) is 11.0. The van der Waals surface area contributed by atoms with E-state index in [1.165, 1.54) is 0 Å². The van der Waals surface area contributed by atoms with Crippen LogP contribution in [-0.4, -0.2) is 20.6 Å². The Kier molecular flexibility index (Phi) is 3.81. The number of aromatic carboxylic acids is 1. The van der Waals surface area contributed by atoms with Gasteiger partial charge >= 0.3 is 5.97 Å². The molecular formula is C22H18N2O2. The zero-order valence-corrected chi connectivity index (χ0v) is 14.6. The van der Waals surface area contributed by atoms with E-state index in [1.54, 1.807) is 12.1 Å². The third-order valence-electron chi connectivity index (χ3n) is 4.67. The van der Waals surface area contributed by atoms with Gasteiger partial charge in [-0.2, -0.15) is 0 Å². The van der Waals surface area contributed by atoms with Crippen molar-refractivity contribution in [1.82, 2.24) is 9.55 Å². The zero-order valence-electron chi connectivity index (χ0n) is 14.6. The summed E-state index contributed by atoms with van der Waals surface area (Å²) in [6, 6.07) is 19.5. The summed E-state index contributed by atoms with van der Waals surface area (Å²) in [7, 11) is 0. The van der Waals surface area contributed by atoms with Crippen LogP contribution < -0.4 is 0 Å². The molecule has 0 spiro atoms.